The molecule has 0 spiro atoms. The van der Waals surface area contributed by atoms with Crippen molar-refractivity contribution in [1.82, 2.24) is 4.90 Å². The van der Waals surface area contributed by atoms with Gasteiger partial charge >= 0.3 is 0 Å². The number of likely N-dealkylation sites (N-methyl/N-ethyl adjacent to an activating group) is 1. The Morgan fingerprint density at radius 2 is 1.81 bits per heavy atom. The van der Waals surface area contributed by atoms with E-state index in [4.69, 9.17) is 0 Å². The number of aliphatic hydroxyl groups is 1. The molecule has 116 valence electrons. The summed E-state index contributed by atoms with van der Waals surface area (Å²) in [5, 5.41) is 11.3. The molecule has 1 N–H and O–H groups in total. The Morgan fingerprint density at radius 1 is 1.10 bits per heavy atom. The number of hydrogen-bond donors (Lipinski definition) is 1. The number of benzene rings is 1. The molecule has 1 aromatic rings. The molecule has 1 fully saturated rings. The minimum atomic E-state index is -0.573. The maximum absolute atomic E-state index is 11.3. The highest BCUT2D eigenvalue weighted by molar-refractivity contribution is 5.41. The minimum Gasteiger partial charge on any atom is -0.385 e. The fourth-order valence-corrected chi connectivity index (χ4v) is 4.23. The summed E-state index contributed by atoms with van der Waals surface area (Å²) in [4.78, 5) is 2.34. The summed E-state index contributed by atoms with van der Waals surface area (Å²) in [5.41, 5.74) is 3.60. The van der Waals surface area contributed by atoms with Gasteiger partial charge < -0.3 is 10.0 Å². The summed E-state index contributed by atoms with van der Waals surface area (Å²) in [6.07, 6.45) is 10.3. The number of hydrogen-bond acceptors (Lipinski definition) is 2. The molecule has 0 bridgehead atoms. The van der Waals surface area contributed by atoms with E-state index in [1.807, 2.05) is 0 Å². The van der Waals surface area contributed by atoms with Crippen molar-refractivity contribution >= 4 is 0 Å². The highest BCUT2D eigenvalue weighted by atomic mass is 16.3. The van der Waals surface area contributed by atoms with Gasteiger partial charge in [-0.05, 0) is 62.9 Å². The topological polar surface area (TPSA) is 23.5 Å². The average Bonchev–Trinajstić information content (AvgIpc) is 2.71. The summed E-state index contributed by atoms with van der Waals surface area (Å²) >= 11 is 0. The summed E-state index contributed by atoms with van der Waals surface area (Å²) in [6, 6.07) is 7.24. The van der Waals surface area contributed by atoms with Crippen molar-refractivity contribution in [2.45, 2.75) is 69.4 Å². The summed E-state index contributed by atoms with van der Waals surface area (Å²) in [5.74, 6) is 0. The molecular formula is C19H29NO. The van der Waals surface area contributed by atoms with Crippen LogP contribution >= 0.6 is 0 Å². The third-order valence-corrected chi connectivity index (χ3v) is 5.62. The smallest absolute Gasteiger partial charge is 0.0899 e. The Labute approximate surface area is 129 Å². The van der Waals surface area contributed by atoms with Gasteiger partial charge in [0.25, 0.3) is 0 Å². The predicted octanol–water partition coefficient (Wildman–Crippen LogP) is 3.65. The zero-order valence-corrected chi connectivity index (χ0v) is 13.6. The van der Waals surface area contributed by atoms with Crippen molar-refractivity contribution in [3.63, 3.8) is 0 Å². The molecule has 0 radical (unpaired) electrons. The van der Waals surface area contributed by atoms with Crippen molar-refractivity contribution in [2.75, 3.05) is 14.1 Å². The SMILES string of the molecule is CN(C)[C@@H]1CCc2cccc(C3(O)CCCCCC3)c2C1. The molecule has 3 rings (SSSR count). The lowest BCUT2D eigenvalue weighted by atomic mass is 9.77. The number of fused-ring (bicyclic) bond motifs is 1. The monoisotopic (exact) mass is 287 g/mol. The van der Waals surface area contributed by atoms with E-state index >= 15 is 0 Å². The largest absolute Gasteiger partial charge is 0.385 e. The Morgan fingerprint density at radius 3 is 2.48 bits per heavy atom. The molecule has 0 amide bonds. The summed E-state index contributed by atoms with van der Waals surface area (Å²) in [7, 11) is 4.36. The van der Waals surface area contributed by atoms with Crippen molar-refractivity contribution in [2.24, 2.45) is 0 Å². The lowest BCUT2D eigenvalue weighted by molar-refractivity contribution is 0.0193. The van der Waals surface area contributed by atoms with E-state index < -0.39 is 5.60 Å². The second kappa shape index (κ2) is 6.10. The van der Waals surface area contributed by atoms with Crippen LogP contribution in [0, 0.1) is 0 Å². The fourth-order valence-electron chi connectivity index (χ4n) is 4.23. The van der Waals surface area contributed by atoms with Crippen LogP contribution in [0.5, 0.6) is 0 Å². The second-order valence-corrected chi connectivity index (χ2v) is 7.25. The highest BCUT2D eigenvalue weighted by Gasteiger charge is 2.34. The minimum absolute atomic E-state index is 0.573. The van der Waals surface area contributed by atoms with Crippen LogP contribution in [0.1, 0.15) is 61.6 Å². The van der Waals surface area contributed by atoms with Crippen LogP contribution in [0.4, 0.5) is 0 Å². The first-order valence-corrected chi connectivity index (χ1v) is 8.60. The molecular weight excluding hydrogens is 258 g/mol. The van der Waals surface area contributed by atoms with Crippen LogP contribution in [-0.4, -0.2) is 30.1 Å². The fraction of sp³-hybridized carbons (Fsp3) is 0.684. The maximum atomic E-state index is 11.3. The Bertz CT molecular complexity index is 486. The molecule has 21 heavy (non-hydrogen) atoms. The first-order valence-electron chi connectivity index (χ1n) is 8.60. The highest BCUT2D eigenvalue weighted by Crippen LogP contribution is 2.40. The van der Waals surface area contributed by atoms with Gasteiger partial charge in [-0.1, -0.05) is 43.9 Å². The molecule has 2 aliphatic carbocycles. The van der Waals surface area contributed by atoms with E-state index in [1.165, 1.54) is 36.0 Å². The molecule has 1 saturated carbocycles. The third-order valence-electron chi connectivity index (χ3n) is 5.62. The second-order valence-electron chi connectivity index (χ2n) is 7.25. The zero-order chi connectivity index (χ0) is 14.9. The Balaban J connectivity index is 1.96. The number of aryl methyl sites for hydroxylation is 1. The zero-order valence-electron chi connectivity index (χ0n) is 13.6. The third kappa shape index (κ3) is 3.02. The molecule has 1 atom stereocenters. The van der Waals surface area contributed by atoms with Gasteiger partial charge in [0.2, 0.25) is 0 Å². The predicted molar refractivity (Wildman–Crippen MR) is 87.5 cm³/mol. The molecule has 0 aromatic heterocycles. The molecule has 0 saturated heterocycles. The molecule has 1 aromatic carbocycles. The van der Waals surface area contributed by atoms with E-state index in [-0.39, 0.29) is 0 Å². The van der Waals surface area contributed by atoms with Crippen molar-refractivity contribution in [1.29, 1.82) is 0 Å². The van der Waals surface area contributed by atoms with Gasteiger partial charge in [-0.2, -0.15) is 0 Å². The van der Waals surface area contributed by atoms with Gasteiger partial charge in [0.1, 0.15) is 0 Å². The van der Waals surface area contributed by atoms with E-state index in [0.29, 0.717) is 6.04 Å². The van der Waals surface area contributed by atoms with E-state index in [2.05, 4.69) is 37.2 Å². The van der Waals surface area contributed by atoms with Crippen LogP contribution in [0.3, 0.4) is 0 Å². The molecule has 0 unspecified atom stereocenters. The van der Waals surface area contributed by atoms with Gasteiger partial charge in [-0.15, -0.1) is 0 Å². The van der Waals surface area contributed by atoms with Gasteiger partial charge in [0.05, 0.1) is 5.60 Å². The quantitative estimate of drug-likeness (QED) is 0.839. The lowest BCUT2D eigenvalue weighted by Crippen LogP contribution is -2.36. The Kier molecular flexibility index (Phi) is 4.37. The van der Waals surface area contributed by atoms with Crippen molar-refractivity contribution < 1.29 is 5.11 Å². The van der Waals surface area contributed by atoms with Gasteiger partial charge in [-0.3, -0.25) is 0 Å². The molecule has 0 heterocycles. The summed E-state index contributed by atoms with van der Waals surface area (Å²) < 4.78 is 0. The van der Waals surface area contributed by atoms with E-state index in [9.17, 15) is 5.11 Å². The van der Waals surface area contributed by atoms with Crippen LogP contribution in [-0.2, 0) is 18.4 Å². The number of rotatable bonds is 2. The van der Waals surface area contributed by atoms with Crippen LogP contribution < -0.4 is 0 Å². The molecule has 0 aliphatic heterocycles. The normalized spacial score (nSPS) is 25.4. The van der Waals surface area contributed by atoms with Crippen molar-refractivity contribution in [3.8, 4) is 0 Å². The van der Waals surface area contributed by atoms with Gasteiger partial charge in [0, 0.05) is 6.04 Å². The van der Waals surface area contributed by atoms with Crippen LogP contribution in [0.25, 0.3) is 0 Å². The molecule has 2 aliphatic rings. The van der Waals surface area contributed by atoms with Crippen LogP contribution in [0.2, 0.25) is 0 Å². The number of nitrogens with zero attached hydrogens (tertiary/aromatic N) is 1. The van der Waals surface area contributed by atoms with Gasteiger partial charge in [-0.25, -0.2) is 0 Å². The molecule has 2 nitrogen and oxygen atoms in total. The average molecular weight is 287 g/mol. The van der Waals surface area contributed by atoms with E-state index in [1.54, 1.807) is 0 Å². The first kappa shape index (κ1) is 15.1. The first-order chi connectivity index (χ1) is 10.1. The lowest BCUT2D eigenvalue weighted by Gasteiger charge is -2.36. The summed E-state index contributed by atoms with van der Waals surface area (Å²) in [6.45, 7) is 0. The molecule has 2 heteroatoms. The maximum Gasteiger partial charge on any atom is 0.0899 e. The van der Waals surface area contributed by atoms with Gasteiger partial charge in [0.15, 0.2) is 0 Å². The van der Waals surface area contributed by atoms with E-state index in [0.717, 1.165) is 38.5 Å². The Hall–Kier alpha value is -0.860. The standard InChI is InChI=1S/C19H29NO/c1-20(2)16-11-10-15-8-7-9-18(17(15)14-16)19(21)12-5-3-4-6-13-19/h7-9,16,21H,3-6,10-14H2,1-2H3/t16-/m1/s1. The van der Waals surface area contributed by atoms with Crippen molar-refractivity contribution in [3.05, 3.63) is 34.9 Å². The van der Waals surface area contributed by atoms with Crippen LogP contribution in [0.15, 0.2) is 18.2 Å².